The average molecular weight is 734 g/mol. The lowest BCUT2D eigenvalue weighted by Gasteiger charge is -2.26. The van der Waals surface area contributed by atoms with E-state index in [1.165, 1.54) is 48.8 Å². The first-order valence-corrected chi connectivity index (χ1v) is 17.5. The largest absolute Gasteiger partial charge is 0.870 e. The second kappa shape index (κ2) is 14.5. The number of aromatic nitrogens is 1. The smallest absolute Gasteiger partial charge is 0.387 e. The Labute approximate surface area is 282 Å². The van der Waals surface area contributed by atoms with Gasteiger partial charge in [-0.15, -0.1) is 11.8 Å². The molecule has 0 unspecified atom stereocenters. The summed E-state index contributed by atoms with van der Waals surface area (Å²) in [5.41, 5.74) is 1.36. The Kier molecular flexibility index (Phi) is 10.8. The van der Waals surface area contributed by atoms with E-state index >= 15 is 0 Å². The lowest BCUT2D eigenvalue weighted by atomic mass is 10.0. The van der Waals surface area contributed by atoms with Gasteiger partial charge in [-0.1, -0.05) is 35.3 Å². The fraction of sp³-hybridized carbons (Fsp3) is 0.367. The zero-order chi connectivity index (χ0) is 32.6. The number of sulfonamides is 1. The number of fused-ring (bicyclic) bond motifs is 1. The van der Waals surface area contributed by atoms with Crippen LogP contribution >= 0.6 is 35.0 Å². The number of thioether (sulfide) groups is 1. The number of alkyl halides is 2. The summed E-state index contributed by atoms with van der Waals surface area (Å²) in [5.74, 6) is -0.703. The van der Waals surface area contributed by atoms with Gasteiger partial charge in [0.2, 0.25) is 10.0 Å². The average Bonchev–Trinajstić information content (AvgIpc) is 3.54. The summed E-state index contributed by atoms with van der Waals surface area (Å²) in [6.45, 7) is -2.77. The number of carbonyl (C=O) groups excluding carboxylic acids is 2. The van der Waals surface area contributed by atoms with Crippen molar-refractivity contribution in [2.45, 2.75) is 48.7 Å². The molecule has 0 amide bonds. The quantitative estimate of drug-likeness (QED) is 0.182. The molecule has 3 aliphatic rings. The molecule has 1 aromatic heterocycles. The van der Waals surface area contributed by atoms with Crippen molar-refractivity contribution in [1.82, 2.24) is 4.31 Å². The number of H-pyrrole nitrogens is 1. The fourth-order valence-electron chi connectivity index (χ4n) is 5.08. The van der Waals surface area contributed by atoms with Gasteiger partial charge >= 0.3 is 18.6 Å². The number of nitrogens with zero attached hydrogens (tertiary/aromatic N) is 1. The molecular weight excluding hydrogens is 705 g/mol. The van der Waals surface area contributed by atoms with Gasteiger partial charge in [0.25, 0.3) is 0 Å². The molecule has 3 heterocycles. The molecule has 3 aromatic rings. The first kappa shape index (κ1) is 35.1. The van der Waals surface area contributed by atoms with E-state index in [1.54, 1.807) is 0 Å². The lowest BCUT2D eigenvalue weighted by Crippen LogP contribution is -2.40. The molecule has 252 valence electrons. The van der Waals surface area contributed by atoms with Crippen molar-refractivity contribution < 1.29 is 56.2 Å². The van der Waals surface area contributed by atoms with Crippen molar-refractivity contribution in [1.29, 1.82) is 0 Å². The molecule has 1 saturated carbocycles. The molecule has 11 nitrogen and oxygen atoms in total. The van der Waals surface area contributed by atoms with Crippen LogP contribution in [-0.2, 0) is 37.2 Å². The van der Waals surface area contributed by atoms with Crippen LogP contribution in [0.2, 0.25) is 10.0 Å². The summed E-state index contributed by atoms with van der Waals surface area (Å²) >= 11 is 13.9. The fourth-order valence-corrected chi connectivity index (χ4v) is 8.67. The van der Waals surface area contributed by atoms with Gasteiger partial charge in [0.05, 0.1) is 17.9 Å². The summed E-state index contributed by atoms with van der Waals surface area (Å²) < 4.78 is 76.4. The Morgan fingerprint density at radius 3 is 2.55 bits per heavy atom. The number of hydrogen-bond donors (Lipinski definition) is 0. The van der Waals surface area contributed by atoms with E-state index in [0.29, 0.717) is 35.0 Å². The minimum absolute atomic E-state index is 0. The third-order valence-electron chi connectivity index (χ3n) is 7.63. The van der Waals surface area contributed by atoms with Crippen molar-refractivity contribution in [2.24, 2.45) is 5.92 Å². The van der Waals surface area contributed by atoms with Gasteiger partial charge in [0, 0.05) is 35.9 Å². The first-order chi connectivity index (χ1) is 22.0. The maximum Gasteiger partial charge on any atom is 0.387 e. The number of halogens is 4. The summed E-state index contributed by atoms with van der Waals surface area (Å²) in [5, 5.41) is -0.730. The highest BCUT2D eigenvalue weighted by molar-refractivity contribution is 8.02. The van der Waals surface area contributed by atoms with E-state index in [2.05, 4.69) is 9.72 Å². The Morgan fingerprint density at radius 1 is 1.11 bits per heavy atom. The summed E-state index contributed by atoms with van der Waals surface area (Å²) in [6.07, 6.45) is 3.85. The third kappa shape index (κ3) is 7.92. The monoisotopic (exact) mass is 732 g/mol. The van der Waals surface area contributed by atoms with Crippen LogP contribution < -0.4 is 19.2 Å². The van der Waals surface area contributed by atoms with Crippen LogP contribution in [0.3, 0.4) is 0 Å². The predicted molar refractivity (Wildman–Crippen MR) is 165 cm³/mol. The summed E-state index contributed by atoms with van der Waals surface area (Å²) in [4.78, 5) is 28.1. The molecule has 17 heteroatoms. The Balaban J connectivity index is 0.00000433. The van der Waals surface area contributed by atoms with E-state index < -0.39 is 40.1 Å². The predicted octanol–water partition coefficient (Wildman–Crippen LogP) is 5.07. The number of nitrogens with one attached hydrogen (secondary N) is 1. The number of ether oxygens (including phenoxy) is 4. The number of rotatable bonds is 12. The van der Waals surface area contributed by atoms with Gasteiger partial charge in [-0.3, -0.25) is 4.79 Å². The molecule has 2 aromatic carbocycles. The van der Waals surface area contributed by atoms with Crippen molar-refractivity contribution in [3.63, 3.8) is 0 Å². The molecule has 1 aliphatic carbocycles. The standard InChI is InChI=1S/C30H26Cl2F2N2O8S2.H2O/c31-21-13-35-14-22(32)20(21)12-25(17-4-6-23(44-30(33)34)26(9-17)41-15-16-1-2-16)43-29(38)28-36(7-8-45-28)46(39,40)19-5-3-18-10-27(37)42-24(18)11-19;/h3-6,9,11,13-14,16,25,28,30H,1-2,7-8,10,12,15H2;1H2/t25-,28-;/m0./s1. The highest BCUT2D eigenvalue weighted by Gasteiger charge is 2.43. The Hall–Kier alpha value is -3.21. The highest BCUT2D eigenvalue weighted by Crippen LogP contribution is 2.40. The zero-order valence-electron chi connectivity index (χ0n) is 24.4. The SMILES string of the molecule is O=C1Cc2ccc(S(=O)(=O)N3CCS[C@H]3C(=O)O[C@@H](Cc3c(Cl)c[nH+]cc3Cl)c3ccc(OC(F)F)c(OCC4CC4)c3)cc2O1.[OH-]. The molecule has 6 rings (SSSR count). The van der Waals surface area contributed by atoms with Gasteiger partial charge in [-0.25, -0.2) is 18.2 Å². The maximum atomic E-state index is 13.8. The first-order valence-electron chi connectivity index (χ1n) is 14.2. The van der Waals surface area contributed by atoms with Crippen LogP contribution in [0.25, 0.3) is 0 Å². The molecule has 2 aliphatic heterocycles. The van der Waals surface area contributed by atoms with Gasteiger partial charge in [-0.05, 0) is 42.5 Å². The van der Waals surface area contributed by atoms with Crippen LogP contribution in [0, 0.1) is 5.92 Å². The molecular formula is C30H28Cl2F2N2O9S2. The van der Waals surface area contributed by atoms with Gasteiger partial charge in [-0.2, -0.15) is 13.1 Å². The van der Waals surface area contributed by atoms with E-state index in [1.807, 2.05) is 0 Å². The second-order valence-electron chi connectivity index (χ2n) is 10.9. The molecule has 2 fully saturated rings. The number of aromatic amines is 1. The molecule has 0 bridgehead atoms. The minimum atomic E-state index is -4.21. The third-order valence-corrected chi connectivity index (χ3v) is 11.5. The van der Waals surface area contributed by atoms with Crippen molar-refractivity contribution in [3.8, 4) is 17.2 Å². The number of esters is 2. The maximum absolute atomic E-state index is 13.8. The lowest BCUT2D eigenvalue weighted by molar-refractivity contribution is -0.377. The van der Waals surface area contributed by atoms with Crippen LogP contribution in [-0.4, -0.2) is 61.0 Å². The van der Waals surface area contributed by atoms with Gasteiger partial charge < -0.3 is 24.4 Å². The number of hydrogen-bond acceptors (Lipinski definition) is 10. The molecule has 1 saturated heterocycles. The highest BCUT2D eigenvalue weighted by atomic mass is 35.5. The normalized spacial score (nSPS) is 18.3. The molecule has 0 radical (unpaired) electrons. The van der Waals surface area contributed by atoms with Crippen LogP contribution in [0.1, 0.15) is 35.6 Å². The van der Waals surface area contributed by atoms with Crippen molar-refractivity contribution in [2.75, 3.05) is 18.9 Å². The summed E-state index contributed by atoms with van der Waals surface area (Å²) in [6, 6.07) is 8.36. The molecule has 2 atom stereocenters. The number of carbonyl (C=O) groups is 2. The number of benzene rings is 2. The van der Waals surface area contributed by atoms with E-state index in [4.69, 9.17) is 37.4 Å². The zero-order valence-corrected chi connectivity index (χ0v) is 27.5. The second-order valence-corrected chi connectivity index (χ2v) is 14.8. The van der Waals surface area contributed by atoms with Gasteiger partial charge in [0.15, 0.2) is 29.3 Å². The van der Waals surface area contributed by atoms with E-state index in [0.717, 1.165) is 28.9 Å². The molecule has 0 spiro atoms. The Morgan fingerprint density at radius 2 is 1.85 bits per heavy atom. The van der Waals surface area contributed by atoms with Crippen molar-refractivity contribution in [3.05, 3.63) is 75.5 Å². The summed E-state index contributed by atoms with van der Waals surface area (Å²) in [7, 11) is -4.21. The van der Waals surface area contributed by atoms with Gasteiger partial charge in [0.1, 0.15) is 21.9 Å². The van der Waals surface area contributed by atoms with E-state index in [9.17, 15) is 26.8 Å². The van der Waals surface area contributed by atoms with E-state index in [-0.39, 0.29) is 57.1 Å². The molecule has 47 heavy (non-hydrogen) atoms. The molecule has 2 N–H and O–H groups in total. The Bertz CT molecular complexity index is 1760. The van der Waals surface area contributed by atoms with Crippen LogP contribution in [0.15, 0.2) is 53.7 Å². The van der Waals surface area contributed by atoms with Crippen LogP contribution in [0.4, 0.5) is 8.78 Å². The van der Waals surface area contributed by atoms with Crippen LogP contribution in [0.5, 0.6) is 17.2 Å². The number of pyridine rings is 1. The van der Waals surface area contributed by atoms with Crippen molar-refractivity contribution >= 4 is 56.9 Å². The minimum Gasteiger partial charge on any atom is -0.870 e. The topological polar surface area (TPSA) is 153 Å².